The lowest BCUT2D eigenvalue weighted by atomic mass is 10.2. The number of nitrogens with one attached hydrogen (secondary N) is 2. The van der Waals surface area contributed by atoms with Gasteiger partial charge in [0.15, 0.2) is 0 Å². The summed E-state index contributed by atoms with van der Waals surface area (Å²) in [5, 5.41) is 2.76. The first-order valence-corrected chi connectivity index (χ1v) is 6.24. The van der Waals surface area contributed by atoms with E-state index in [0.29, 0.717) is 12.8 Å². The maximum Gasteiger partial charge on any atom is 0.233 e. The van der Waals surface area contributed by atoms with Crippen molar-refractivity contribution in [3.8, 4) is 0 Å². The summed E-state index contributed by atoms with van der Waals surface area (Å²) >= 11 is 2.20. The van der Waals surface area contributed by atoms with E-state index in [9.17, 15) is 9.59 Å². The predicted octanol–water partition coefficient (Wildman–Crippen LogP) is 1.39. The average Bonchev–Trinajstić information content (AvgIpc) is 2.32. The molecule has 5 nitrogen and oxygen atoms in total. The highest BCUT2D eigenvalue weighted by Crippen LogP contribution is 2.11. The highest BCUT2D eigenvalue weighted by atomic mass is 127. The maximum atomic E-state index is 11.5. The van der Waals surface area contributed by atoms with Gasteiger partial charge in [-0.05, 0) is 53.3 Å². The quantitative estimate of drug-likeness (QED) is 0.326. The molecule has 0 aliphatic rings. The monoisotopic (exact) mass is 347 g/mol. The number of carbonyl (C=O) groups is 2. The number of anilines is 1. The summed E-state index contributed by atoms with van der Waals surface area (Å²) in [5.74, 6) is 4.57. The van der Waals surface area contributed by atoms with Gasteiger partial charge in [-0.2, -0.15) is 0 Å². The van der Waals surface area contributed by atoms with Crippen molar-refractivity contribution in [3.63, 3.8) is 0 Å². The molecule has 0 heterocycles. The fourth-order valence-corrected chi connectivity index (χ4v) is 1.60. The molecular weight excluding hydrogens is 333 g/mol. The second-order valence-electron chi connectivity index (χ2n) is 3.48. The Labute approximate surface area is 113 Å². The van der Waals surface area contributed by atoms with Crippen LogP contribution in [0.4, 0.5) is 5.69 Å². The molecule has 17 heavy (non-hydrogen) atoms. The van der Waals surface area contributed by atoms with Gasteiger partial charge in [-0.25, -0.2) is 5.84 Å². The number of hydrogen-bond acceptors (Lipinski definition) is 3. The van der Waals surface area contributed by atoms with Crippen LogP contribution in [0.1, 0.15) is 19.3 Å². The van der Waals surface area contributed by atoms with Gasteiger partial charge in [0.2, 0.25) is 11.8 Å². The molecule has 0 aliphatic carbocycles. The van der Waals surface area contributed by atoms with E-state index in [2.05, 4.69) is 27.9 Å². The standard InChI is InChI=1S/C11H14IN3O2/c12-8-4-6-9(7-5-8)14-10(16)2-1-3-11(17)15-13/h4-7H,1-3,13H2,(H,14,16)(H,15,17). The lowest BCUT2D eigenvalue weighted by Gasteiger charge is -2.04. The van der Waals surface area contributed by atoms with Crippen molar-refractivity contribution < 1.29 is 9.59 Å². The minimum absolute atomic E-state index is 0.101. The highest BCUT2D eigenvalue weighted by molar-refractivity contribution is 14.1. The minimum Gasteiger partial charge on any atom is -0.326 e. The number of nitrogens with two attached hydrogens (primary N) is 1. The Balaban J connectivity index is 2.30. The molecule has 6 heteroatoms. The van der Waals surface area contributed by atoms with Crippen molar-refractivity contribution in [2.45, 2.75) is 19.3 Å². The Morgan fingerprint density at radius 2 is 1.71 bits per heavy atom. The van der Waals surface area contributed by atoms with Crippen LogP contribution in [0.3, 0.4) is 0 Å². The zero-order chi connectivity index (χ0) is 12.7. The summed E-state index contributed by atoms with van der Waals surface area (Å²) in [5.41, 5.74) is 2.79. The third-order valence-corrected chi connectivity index (χ3v) is 2.82. The van der Waals surface area contributed by atoms with Crippen LogP contribution < -0.4 is 16.6 Å². The SMILES string of the molecule is NNC(=O)CCCC(=O)Nc1ccc(I)cc1. The molecule has 0 fully saturated rings. The Morgan fingerprint density at radius 3 is 2.29 bits per heavy atom. The number of benzene rings is 1. The summed E-state index contributed by atoms with van der Waals surface area (Å²) in [7, 11) is 0. The summed E-state index contributed by atoms with van der Waals surface area (Å²) < 4.78 is 1.11. The molecule has 1 aromatic rings. The molecule has 0 saturated carbocycles. The summed E-state index contributed by atoms with van der Waals surface area (Å²) in [6.07, 6.45) is 1.05. The normalized spacial score (nSPS) is 9.76. The molecule has 1 rings (SSSR count). The van der Waals surface area contributed by atoms with Gasteiger partial charge in [0.25, 0.3) is 0 Å². The zero-order valence-electron chi connectivity index (χ0n) is 9.20. The molecule has 92 valence electrons. The van der Waals surface area contributed by atoms with Crippen LogP contribution in [0.25, 0.3) is 0 Å². The first-order valence-electron chi connectivity index (χ1n) is 5.16. The van der Waals surface area contributed by atoms with Gasteiger partial charge in [-0.1, -0.05) is 0 Å². The van der Waals surface area contributed by atoms with E-state index in [0.717, 1.165) is 9.26 Å². The average molecular weight is 347 g/mol. The number of amides is 2. The molecule has 1 aromatic carbocycles. The van der Waals surface area contributed by atoms with Crippen molar-refractivity contribution in [1.29, 1.82) is 0 Å². The second kappa shape index (κ2) is 7.23. The van der Waals surface area contributed by atoms with Crippen molar-refractivity contribution in [2.24, 2.45) is 5.84 Å². The third kappa shape index (κ3) is 5.64. The molecule has 0 unspecified atom stereocenters. The summed E-state index contributed by atoms with van der Waals surface area (Å²) in [6.45, 7) is 0. The fraction of sp³-hybridized carbons (Fsp3) is 0.273. The van der Waals surface area contributed by atoms with Crippen molar-refractivity contribution >= 4 is 40.1 Å². The van der Waals surface area contributed by atoms with Gasteiger partial charge < -0.3 is 5.32 Å². The van der Waals surface area contributed by atoms with Gasteiger partial charge >= 0.3 is 0 Å². The van der Waals surface area contributed by atoms with Gasteiger partial charge in [0, 0.05) is 22.1 Å². The lowest BCUT2D eigenvalue weighted by molar-refractivity contribution is -0.121. The first-order chi connectivity index (χ1) is 8.11. The van der Waals surface area contributed by atoms with Crippen molar-refractivity contribution in [2.75, 3.05) is 5.32 Å². The Kier molecular flexibility index (Phi) is 5.92. The highest BCUT2D eigenvalue weighted by Gasteiger charge is 2.04. The summed E-state index contributed by atoms with van der Waals surface area (Å²) in [6, 6.07) is 7.51. The van der Waals surface area contributed by atoms with Crippen molar-refractivity contribution in [1.82, 2.24) is 5.43 Å². The van der Waals surface area contributed by atoms with Crippen LogP contribution in [-0.2, 0) is 9.59 Å². The Bertz CT molecular complexity index is 392. The summed E-state index contributed by atoms with van der Waals surface area (Å²) in [4.78, 5) is 22.3. The Morgan fingerprint density at radius 1 is 1.12 bits per heavy atom. The number of hydrazine groups is 1. The molecule has 0 radical (unpaired) electrons. The zero-order valence-corrected chi connectivity index (χ0v) is 11.4. The second-order valence-corrected chi connectivity index (χ2v) is 4.72. The van der Waals surface area contributed by atoms with Gasteiger partial charge in [-0.15, -0.1) is 0 Å². The van der Waals surface area contributed by atoms with Crippen LogP contribution in [0.15, 0.2) is 24.3 Å². The van der Waals surface area contributed by atoms with E-state index >= 15 is 0 Å². The molecule has 0 spiro atoms. The van der Waals surface area contributed by atoms with E-state index in [1.165, 1.54) is 0 Å². The van der Waals surface area contributed by atoms with E-state index in [1.807, 2.05) is 29.7 Å². The molecule has 0 aliphatic heterocycles. The topological polar surface area (TPSA) is 84.2 Å². The molecule has 0 saturated heterocycles. The number of rotatable bonds is 5. The van der Waals surface area contributed by atoms with E-state index < -0.39 is 0 Å². The molecule has 0 atom stereocenters. The van der Waals surface area contributed by atoms with Crippen LogP contribution in [0.5, 0.6) is 0 Å². The lowest BCUT2D eigenvalue weighted by Crippen LogP contribution is -2.29. The minimum atomic E-state index is -0.257. The van der Waals surface area contributed by atoms with Gasteiger partial charge in [0.05, 0.1) is 0 Å². The largest absolute Gasteiger partial charge is 0.326 e. The van der Waals surface area contributed by atoms with Crippen LogP contribution in [0.2, 0.25) is 0 Å². The van der Waals surface area contributed by atoms with Gasteiger partial charge in [0.1, 0.15) is 0 Å². The molecule has 0 aromatic heterocycles. The Hall–Kier alpha value is -1.15. The van der Waals surface area contributed by atoms with Crippen molar-refractivity contribution in [3.05, 3.63) is 27.8 Å². The van der Waals surface area contributed by atoms with Crippen LogP contribution >= 0.6 is 22.6 Å². The number of halogens is 1. The van der Waals surface area contributed by atoms with E-state index in [1.54, 1.807) is 0 Å². The predicted molar refractivity (Wildman–Crippen MR) is 74.0 cm³/mol. The van der Waals surface area contributed by atoms with E-state index in [-0.39, 0.29) is 18.2 Å². The smallest absolute Gasteiger partial charge is 0.233 e. The number of carbonyl (C=O) groups excluding carboxylic acids is 2. The number of hydrogen-bond donors (Lipinski definition) is 3. The van der Waals surface area contributed by atoms with Crippen LogP contribution in [0, 0.1) is 3.57 Å². The fourth-order valence-electron chi connectivity index (χ4n) is 1.24. The third-order valence-electron chi connectivity index (χ3n) is 2.10. The first kappa shape index (κ1) is 13.9. The maximum absolute atomic E-state index is 11.5. The molecule has 4 N–H and O–H groups in total. The molecule has 2 amide bonds. The van der Waals surface area contributed by atoms with Crippen LogP contribution in [-0.4, -0.2) is 11.8 Å². The molecular formula is C11H14IN3O2. The van der Waals surface area contributed by atoms with Gasteiger partial charge in [-0.3, -0.25) is 15.0 Å². The molecule has 0 bridgehead atoms. The van der Waals surface area contributed by atoms with E-state index in [4.69, 9.17) is 5.84 Å².